The van der Waals surface area contributed by atoms with Crippen LogP contribution in [-0.2, 0) is 14.3 Å². The smallest absolute Gasteiger partial charge is 0.408 e. The standard InChI is InChI=1S/C28H26N2O5/c31-25(30-28(26(32)33)15-8-16-28)24(18-9-2-1-3-10-18)29-27(34)35-17-23-21-13-6-4-11-19(21)20-12-5-7-14-22(20)23/h1-7,9-14,23-24H,8,15-17H2,(H,29,34)(H,30,31)(H,32,33)/t24-/m1/s1. The van der Waals surface area contributed by atoms with Gasteiger partial charge in [-0.15, -0.1) is 0 Å². The molecule has 5 rings (SSSR count). The summed E-state index contributed by atoms with van der Waals surface area (Å²) >= 11 is 0. The molecule has 3 aromatic rings. The number of aliphatic carboxylic acids is 1. The van der Waals surface area contributed by atoms with Crippen molar-refractivity contribution in [2.75, 3.05) is 6.61 Å². The molecule has 0 bridgehead atoms. The second-order valence-corrected chi connectivity index (χ2v) is 9.04. The van der Waals surface area contributed by atoms with Crippen molar-refractivity contribution in [3.05, 3.63) is 95.6 Å². The molecule has 7 heteroatoms. The predicted molar refractivity (Wildman–Crippen MR) is 130 cm³/mol. The van der Waals surface area contributed by atoms with Crippen LogP contribution in [0.15, 0.2) is 78.9 Å². The number of rotatable bonds is 7. The van der Waals surface area contributed by atoms with Crippen LogP contribution in [0.4, 0.5) is 4.79 Å². The number of hydrogen-bond donors (Lipinski definition) is 3. The number of carboxylic acids is 1. The number of amides is 2. The van der Waals surface area contributed by atoms with E-state index in [-0.39, 0.29) is 12.5 Å². The number of carbonyl (C=O) groups is 3. The summed E-state index contributed by atoms with van der Waals surface area (Å²) in [4.78, 5) is 37.7. The lowest BCUT2D eigenvalue weighted by Gasteiger charge is -2.39. The monoisotopic (exact) mass is 470 g/mol. The fourth-order valence-electron chi connectivity index (χ4n) is 4.93. The van der Waals surface area contributed by atoms with Crippen molar-refractivity contribution < 1.29 is 24.2 Å². The van der Waals surface area contributed by atoms with E-state index in [0.717, 1.165) is 28.7 Å². The molecule has 35 heavy (non-hydrogen) atoms. The van der Waals surface area contributed by atoms with Crippen molar-refractivity contribution in [1.82, 2.24) is 10.6 Å². The lowest BCUT2D eigenvalue weighted by atomic mass is 9.76. The Morgan fingerprint density at radius 2 is 1.46 bits per heavy atom. The summed E-state index contributed by atoms with van der Waals surface area (Å²) in [6.45, 7) is 0.113. The first-order valence-corrected chi connectivity index (χ1v) is 11.7. The van der Waals surface area contributed by atoms with Gasteiger partial charge in [-0.2, -0.15) is 0 Å². The Bertz CT molecular complexity index is 1220. The first-order chi connectivity index (χ1) is 17.0. The van der Waals surface area contributed by atoms with Crippen molar-refractivity contribution in [1.29, 1.82) is 0 Å². The minimum absolute atomic E-state index is 0.109. The molecular formula is C28H26N2O5. The largest absolute Gasteiger partial charge is 0.480 e. The molecule has 0 spiro atoms. The van der Waals surface area contributed by atoms with E-state index >= 15 is 0 Å². The number of benzene rings is 3. The van der Waals surface area contributed by atoms with E-state index in [0.29, 0.717) is 18.4 Å². The molecule has 0 radical (unpaired) electrons. The molecular weight excluding hydrogens is 444 g/mol. The van der Waals surface area contributed by atoms with Crippen LogP contribution in [0.5, 0.6) is 0 Å². The average Bonchev–Trinajstić information content (AvgIpc) is 3.17. The predicted octanol–water partition coefficient (Wildman–Crippen LogP) is 4.39. The van der Waals surface area contributed by atoms with E-state index in [2.05, 4.69) is 22.8 Å². The van der Waals surface area contributed by atoms with Crippen LogP contribution in [0.1, 0.15) is 47.9 Å². The van der Waals surface area contributed by atoms with Crippen LogP contribution >= 0.6 is 0 Å². The molecule has 1 saturated carbocycles. The molecule has 0 saturated heterocycles. The zero-order valence-electron chi connectivity index (χ0n) is 19.1. The molecule has 2 aliphatic carbocycles. The van der Waals surface area contributed by atoms with Gasteiger partial charge in [0.1, 0.15) is 18.2 Å². The minimum atomic E-state index is -1.28. The van der Waals surface area contributed by atoms with E-state index in [1.54, 1.807) is 30.3 Å². The second-order valence-electron chi connectivity index (χ2n) is 9.04. The summed E-state index contributed by atoms with van der Waals surface area (Å²) in [5.41, 5.74) is 3.68. The number of nitrogens with one attached hydrogen (secondary N) is 2. The molecule has 2 amide bonds. The van der Waals surface area contributed by atoms with Gasteiger partial charge in [0.25, 0.3) is 0 Å². The minimum Gasteiger partial charge on any atom is -0.480 e. The first kappa shape index (κ1) is 22.7. The normalized spacial score (nSPS) is 16.2. The summed E-state index contributed by atoms with van der Waals surface area (Å²) in [6, 6.07) is 23.7. The molecule has 0 heterocycles. The molecule has 7 nitrogen and oxygen atoms in total. The highest BCUT2D eigenvalue weighted by molar-refractivity contribution is 5.92. The summed E-state index contributed by atoms with van der Waals surface area (Å²) in [6.07, 6.45) is 0.706. The zero-order valence-corrected chi connectivity index (χ0v) is 19.1. The Labute approximate surface area is 203 Å². The van der Waals surface area contributed by atoms with Gasteiger partial charge in [0.15, 0.2) is 0 Å². The summed E-state index contributed by atoms with van der Waals surface area (Å²) < 4.78 is 5.61. The van der Waals surface area contributed by atoms with Crippen molar-refractivity contribution >= 4 is 18.0 Å². The molecule has 3 N–H and O–H groups in total. The van der Waals surface area contributed by atoms with Crippen molar-refractivity contribution in [2.24, 2.45) is 0 Å². The van der Waals surface area contributed by atoms with E-state index in [1.807, 2.05) is 36.4 Å². The van der Waals surface area contributed by atoms with Gasteiger partial charge in [-0.1, -0.05) is 78.9 Å². The maximum atomic E-state index is 13.1. The Hall–Kier alpha value is -4.13. The van der Waals surface area contributed by atoms with Crippen LogP contribution < -0.4 is 10.6 Å². The third kappa shape index (κ3) is 4.25. The van der Waals surface area contributed by atoms with E-state index in [4.69, 9.17) is 4.74 Å². The average molecular weight is 471 g/mol. The molecule has 1 fully saturated rings. The number of alkyl carbamates (subject to hydrolysis) is 1. The van der Waals surface area contributed by atoms with Gasteiger partial charge in [0, 0.05) is 5.92 Å². The SMILES string of the molecule is O=C(N[C@@H](C(=O)NC1(C(=O)O)CCC1)c1ccccc1)OCC1c2ccccc2-c2ccccc21. The van der Waals surface area contributed by atoms with Crippen LogP contribution in [0.25, 0.3) is 11.1 Å². The number of ether oxygens (including phenoxy) is 1. The third-order valence-electron chi connectivity index (χ3n) is 6.98. The molecule has 0 unspecified atom stereocenters. The fourth-order valence-corrected chi connectivity index (χ4v) is 4.93. The highest BCUT2D eigenvalue weighted by atomic mass is 16.5. The first-order valence-electron chi connectivity index (χ1n) is 11.7. The number of carbonyl (C=O) groups excluding carboxylic acids is 2. The van der Waals surface area contributed by atoms with Crippen molar-refractivity contribution in [2.45, 2.75) is 36.8 Å². The lowest BCUT2D eigenvalue weighted by Crippen LogP contribution is -2.61. The summed E-state index contributed by atoms with van der Waals surface area (Å²) in [7, 11) is 0. The number of fused-ring (bicyclic) bond motifs is 3. The van der Waals surface area contributed by atoms with Crippen LogP contribution in [-0.4, -0.2) is 35.2 Å². The van der Waals surface area contributed by atoms with E-state index in [1.165, 1.54) is 0 Å². The van der Waals surface area contributed by atoms with Gasteiger partial charge in [-0.3, -0.25) is 4.79 Å². The maximum Gasteiger partial charge on any atom is 0.408 e. The highest BCUT2D eigenvalue weighted by Gasteiger charge is 2.46. The van der Waals surface area contributed by atoms with Gasteiger partial charge in [0.2, 0.25) is 5.91 Å². The number of hydrogen-bond acceptors (Lipinski definition) is 4. The lowest BCUT2D eigenvalue weighted by molar-refractivity contribution is -0.152. The quantitative estimate of drug-likeness (QED) is 0.475. The third-order valence-corrected chi connectivity index (χ3v) is 6.98. The fraction of sp³-hybridized carbons (Fsp3) is 0.250. The topological polar surface area (TPSA) is 105 Å². The molecule has 178 valence electrons. The van der Waals surface area contributed by atoms with Gasteiger partial charge in [-0.05, 0) is 47.1 Å². The summed E-state index contributed by atoms with van der Waals surface area (Å²) in [5, 5.41) is 14.9. The van der Waals surface area contributed by atoms with E-state index in [9.17, 15) is 19.5 Å². The van der Waals surface area contributed by atoms with Crippen LogP contribution in [0, 0.1) is 0 Å². The van der Waals surface area contributed by atoms with Gasteiger partial charge >= 0.3 is 12.1 Å². The Balaban J connectivity index is 1.31. The van der Waals surface area contributed by atoms with Gasteiger partial charge in [0.05, 0.1) is 0 Å². The molecule has 1 atom stereocenters. The maximum absolute atomic E-state index is 13.1. The van der Waals surface area contributed by atoms with Gasteiger partial charge < -0.3 is 20.5 Å². The Morgan fingerprint density at radius 1 is 0.886 bits per heavy atom. The molecule has 3 aromatic carbocycles. The molecule has 0 aromatic heterocycles. The Kier molecular flexibility index (Phi) is 5.99. The molecule has 0 aliphatic heterocycles. The van der Waals surface area contributed by atoms with E-state index < -0.39 is 29.6 Å². The zero-order chi connectivity index (χ0) is 24.4. The molecule has 2 aliphatic rings. The number of carboxylic acid groups (broad SMARTS) is 1. The summed E-state index contributed by atoms with van der Waals surface area (Å²) in [5.74, 6) is -1.75. The van der Waals surface area contributed by atoms with Crippen LogP contribution in [0.3, 0.4) is 0 Å². The highest BCUT2D eigenvalue weighted by Crippen LogP contribution is 2.44. The van der Waals surface area contributed by atoms with Crippen molar-refractivity contribution in [3.8, 4) is 11.1 Å². The van der Waals surface area contributed by atoms with Gasteiger partial charge in [-0.25, -0.2) is 9.59 Å². The van der Waals surface area contributed by atoms with Crippen molar-refractivity contribution in [3.63, 3.8) is 0 Å². The Morgan fingerprint density at radius 3 is 2.00 bits per heavy atom. The second kappa shape index (κ2) is 9.25. The van der Waals surface area contributed by atoms with Crippen LogP contribution in [0.2, 0.25) is 0 Å².